The van der Waals surface area contributed by atoms with Gasteiger partial charge in [0.2, 0.25) is 0 Å². The number of benzene rings is 1. The van der Waals surface area contributed by atoms with Crippen molar-refractivity contribution in [1.82, 2.24) is 5.32 Å². The second-order valence-corrected chi connectivity index (χ2v) is 5.32. The monoisotopic (exact) mass is 275 g/mol. The minimum atomic E-state index is -0.764. The van der Waals surface area contributed by atoms with Gasteiger partial charge in [-0.3, -0.25) is 4.79 Å². The van der Waals surface area contributed by atoms with Crippen LogP contribution in [0.4, 0.5) is 8.78 Å². The van der Waals surface area contributed by atoms with Crippen molar-refractivity contribution in [2.24, 2.45) is 5.41 Å². The summed E-state index contributed by atoms with van der Waals surface area (Å²) in [7, 11) is 0. The van der Waals surface area contributed by atoms with Crippen LogP contribution >= 0.6 is 11.6 Å². The van der Waals surface area contributed by atoms with Crippen LogP contribution < -0.4 is 5.32 Å². The van der Waals surface area contributed by atoms with Crippen LogP contribution in [0.2, 0.25) is 0 Å². The third-order valence-electron chi connectivity index (χ3n) is 2.62. The summed E-state index contributed by atoms with van der Waals surface area (Å²) in [5, 5.41) is 2.65. The maximum absolute atomic E-state index is 12.9. The van der Waals surface area contributed by atoms with Crippen LogP contribution in [0.3, 0.4) is 0 Å². The lowest BCUT2D eigenvalue weighted by molar-refractivity contribution is 0.0935. The Morgan fingerprint density at radius 2 is 1.83 bits per heavy atom. The lowest BCUT2D eigenvalue weighted by Crippen LogP contribution is -2.34. The van der Waals surface area contributed by atoms with Crippen LogP contribution in [0.1, 0.15) is 30.6 Å². The molecule has 1 amide bonds. The first-order valence-electron chi connectivity index (χ1n) is 5.64. The van der Waals surface area contributed by atoms with Gasteiger partial charge in [-0.25, -0.2) is 8.78 Å². The number of rotatable bonds is 5. The van der Waals surface area contributed by atoms with Gasteiger partial charge < -0.3 is 5.32 Å². The summed E-state index contributed by atoms with van der Waals surface area (Å²) in [5.41, 5.74) is -0.169. The molecular weight excluding hydrogens is 260 g/mol. The van der Waals surface area contributed by atoms with Crippen molar-refractivity contribution in [3.8, 4) is 0 Å². The second-order valence-electron chi connectivity index (χ2n) is 4.94. The van der Waals surface area contributed by atoms with Crippen molar-refractivity contribution >= 4 is 17.5 Å². The SMILES string of the molecule is CC(C)(CCCl)CNC(=O)c1cc(F)cc(F)c1. The third-order valence-corrected chi connectivity index (χ3v) is 2.81. The highest BCUT2D eigenvalue weighted by molar-refractivity contribution is 6.17. The second kappa shape index (κ2) is 6.14. The minimum absolute atomic E-state index is 0.0193. The van der Waals surface area contributed by atoms with Crippen molar-refractivity contribution in [1.29, 1.82) is 0 Å². The van der Waals surface area contributed by atoms with Crippen molar-refractivity contribution in [2.45, 2.75) is 20.3 Å². The van der Waals surface area contributed by atoms with Gasteiger partial charge in [-0.1, -0.05) is 13.8 Å². The topological polar surface area (TPSA) is 29.1 Å². The number of hydrogen-bond donors (Lipinski definition) is 1. The molecule has 0 fully saturated rings. The molecule has 0 atom stereocenters. The fraction of sp³-hybridized carbons (Fsp3) is 0.462. The van der Waals surface area contributed by atoms with E-state index in [1.54, 1.807) is 0 Å². The van der Waals surface area contributed by atoms with Gasteiger partial charge in [0.1, 0.15) is 11.6 Å². The molecule has 0 aliphatic rings. The van der Waals surface area contributed by atoms with E-state index < -0.39 is 17.5 Å². The molecule has 0 radical (unpaired) electrons. The van der Waals surface area contributed by atoms with Crippen LogP contribution in [0, 0.1) is 17.0 Å². The summed E-state index contributed by atoms with van der Waals surface area (Å²) >= 11 is 5.65. The lowest BCUT2D eigenvalue weighted by atomic mass is 9.90. The van der Waals surface area contributed by atoms with Gasteiger partial charge in [0.25, 0.3) is 5.91 Å². The van der Waals surface area contributed by atoms with Gasteiger partial charge in [-0.15, -0.1) is 11.6 Å². The van der Waals surface area contributed by atoms with Gasteiger partial charge in [0, 0.05) is 24.1 Å². The van der Waals surface area contributed by atoms with Gasteiger partial charge in [-0.2, -0.15) is 0 Å². The Morgan fingerprint density at radius 3 is 2.33 bits per heavy atom. The Morgan fingerprint density at radius 1 is 1.28 bits per heavy atom. The summed E-state index contributed by atoms with van der Waals surface area (Å²) in [6.45, 7) is 4.32. The van der Waals surface area contributed by atoms with Gasteiger partial charge >= 0.3 is 0 Å². The molecule has 0 aromatic heterocycles. The van der Waals surface area contributed by atoms with Crippen LogP contribution in [0.5, 0.6) is 0 Å². The molecule has 0 aliphatic carbocycles. The minimum Gasteiger partial charge on any atom is -0.351 e. The smallest absolute Gasteiger partial charge is 0.251 e. The van der Waals surface area contributed by atoms with E-state index in [1.165, 1.54) is 0 Å². The van der Waals surface area contributed by atoms with Gasteiger partial charge in [0.15, 0.2) is 0 Å². The molecular formula is C13H16ClF2NO. The molecule has 1 N–H and O–H groups in total. The summed E-state index contributed by atoms with van der Waals surface area (Å²) in [5.74, 6) is -1.52. The predicted molar refractivity (Wildman–Crippen MR) is 67.8 cm³/mol. The van der Waals surface area contributed by atoms with E-state index in [2.05, 4.69) is 5.32 Å². The molecule has 0 saturated heterocycles. The zero-order valence-corrected chi connectivity index (χ0v) is 11.2. The first-order valence-corrected chi connectivity index (χ1v) is 6.18. The largest absolute Gasteiger partial charge is 0.351 e. The van der Waals surface area contributed by atoms with Gasteiger partial charge in [0.05, 0.1) is 0 Å². The Kier molecular flexibility index (Phi) is 5.08. The van der Waals surface area contributed by atoms with E-state index in [9.17, 15) is 13.6 Å². The van der Waals surface area contributed by atoms with Crippen LogP contribution in [0.15, 0.2) is 18.2 Å². The molecule has 0 aliphatic heterocycles. The molecule has 0 bridgehead atoms. The van der Waals surface area contributed by atoms with Crippen molar-refractivity contribution in [3.63, 3.8) is 0 Å². The average Bonchev–Trinajstić information content (AvgIpc) is 2.24. The fourth-order valence-electron chi connectivity index (χ4n) is 1.45. The highest BCUT2D eigenvalue weighted by Gasteiger charge is 2.19. The Balaban J connectivity index is 2.66. The number of carbonyl (C=O) groups is 1. The Bertz CT molecular complexity index is 415. The van der Waals surface area contributed by atoms with Crippen molar-refractivity contribution < 1.29 is 13.6 Å². The lowest BCUT2D eigenvalue weighted by Gasteiger charge is -2.23. The summed E-state index contributed by atoms with van der Waals surface area (Å²) < 4.78 is 25.9. The van der Waals surface area contributed by atoms with E-state index in [0.717, 1.165) is 24.6 Å². The molecule has 0 saturated carbocycles. The maximum Gasteiger partial charge on any atom is 0.251 e. The van der Waals surface area contributed by atoms with E-state index in [1.807, 2.05) is 13.8 Å². The summed E-state index contributed by atoms with van der Waals surface area (Å²) in [6, 6.07) is 2.74. The molecule has 100 valence electrons. The van der Waals surface area contributed by atoms with Crippen molar-refractivity contribution in [2.75, 3.05) is 12.4 Å². The number of hydrogen-bond acceptors (Lipinski definition) is 1. The predicted octanol–water partition coefficient (Wildman–Crippen LogP) is 3.35. The van der Waals surface area contributed by atoms with E-state index >= 15 is 0 Å². The standard InChI is InChI=1S/C13H16ClF2NO/c1-13(2,3-4-14)8-17-12(18)9-5-10(15)7-11(16)6-9/h5-7H,3-4,8H2,1-2H3,(H,17,18). The van der Waals surface area contributed by atoms with E-state index in [0.29, 0.717) is 12.4 Å². The fourth-order valence-corrected chi connectivity index (χ4v) is 1.96. The van der Waals surface area contributed by atoms with Crippen LogP contribution in [-0.4, -0.2) is 18.3 Å². The molecule has 1 rings (SSSR count). The quantitative estimate of drug-likeness (QED) is 0.821. The molecule has 1 aromatic rings. The molecule has 0 spiro atoms. The number of alkyl halides is 1. The van der Waals surface area contributed by atoms with E-state index in [4.69, 9.17) is 11.6 Å². The van der Waals surface area contributed by atoms with Crippen LogP contribution in [0.25, 0.3) is 0 Å². The highest BCUT2D eigenvalue weighted by atomic mass is 35.5. The number of amides is 1. The summed E-state index contributed by atoms with van der Waals surface area (Å²) in [4.78, 5) is 11.7. The summed E-state index contributed by atoms with van der Waals surface area (Å²) in [6.07, 6.45) is 0.742. The molecule has 0 unspecified atom stereocenters. The number of carbonyl (C=O) groups excluding carboxylic acids is 1. The van der Waals surface area contributed by atoms with Crippen molar-refractivity contribution in [3.05, 3.63) is 35.4 Å². The Hall–Kier alpha value is -1.16. The normalized spacial score (nSPS) is 11.4. The molecule has 5 heteroatoms. The van der Waals surface area contributed by atoms with Gasteiger partial charge in [-0.05, 0) is 24.0 Å². The maximum atomic E-state index is 12.9. The highest BCUT2D eigenvalue weighted by Crippen LogP contribution is 2.19. The average molecular weight is 276 g/mol. The molecule has 2 nitrogen and oxygen atoms in total. The first kappa shape index (κ1) is 14.9. The van der Waals surface area contributed by atoms with Crippen LogP contribution in [-0.2, 0) is 0 Å². The number of halogens is 3. The molecule has 18 heavy (non-hydrogen) atoms. The molecule has 0 heterocycles. The first-order chi connectivity index (χ1) is 8.34. The third kappa shape index (κ3) is 4.61. The Labute approximate surface area is 110 Å². The zero-order valence-electron chi connectivity index (χ0n) is 10.4. The molecule has 1 aromatic carbocycles. The van der Waals surface area contributed by atoms with E-state index in [-0.39, 0.29) is 11.0 Å². The number of nitrogens with one attached hydrogen (secondary N) is 1. The zero-order chi connectivity index (χ0) is 13.8.